The normalized spacial score (nSPS) is 11.5. The fourth-order valence-electron chi connectivity index (χ4n) is 2.80. The summed E-state index contributed by atoms with van der Waals surface area (Å²) in [4.78, 5) is 9.70. The number of H-pyrrole nitrogens is 1. The molecule has 0 spiro atoms. The summed E-state index contributed by atoms with van der Waals surface area (Å²) in [5, 5.41) is 9.54. The van der Waals surface area contributed by atoms with Gasteiger partial charge in [-0.3, -0.25) is 0 Å². The first-order valence-corrected chi connectivity index (χ1v) is 9.54. The van der Waals surface area contributed by atoms with E-state index >= 15 is 0 Å². The van der Waals surface area contributed by atoms with Crippen molar-refractivity contribution < 1.29 is 4.39 Å². The maximum absolute atomic E-state index is 13.4. The number of nitriles is 1. The van der Waals surface area contributed by atoms with Crippen LogP contribution in [0, 0.1) is 24.1 Å². The standard InChI is InChI=1S/C23H16FN3S/c1-15-2-7-19(8-3-15)28-20-9-4-16(5-10-20)12-17(14-25)23-26-21-11-6-18(24)13-22(21)27-23/h2-13H,1H3,(H,26,27)/b17-12-. The largest absolute Gasteiger partial charge is 0.337 e. The van der Waals surface area contributed by atoms with Crippen molar-refractivity contribution in [2.24, 2.45) is 0 Å². The number of hydrogen-bond donors (Lipinski definition) is 1. The lowest BCUT2D eigenvalue weighted by molar-refractivity contribution is 0.629. The van der Waals surface area contributed by atoms with Crippen LogP contribution in [0.25, 0.3) is 22.7 Å². The van der Waals surface area contributed by atoms with Gasteiger partial charge in [-0.15, -0.1) is 0 Å². The van der Waals surface area contributed by atoms with E-state index < -0.39 is 0 Å². The highest BCUT2D eigenvalue weighted by molar-refractivity contribution is 7.99. The Labute approximate surface area is 166 Å². The molecule has 0 saturated heterocycles. The van der Waals surface area contributed by atoms with E-state index in [1.54, 1.807) is 23.9 Å². The van der Waals surface area contributed by atoms with Gasteiger partial charge in [-0.05, 0) is 61.0 Å². The van der Waals surface area contributed by atoms with Crippen molar-refractivity contribution in [2.75, 3.05) is 0 Å². The van der Waals surface area contributed by atoms with E-state index in [1.165, 1.54) is 22.6 Å². The third kappa shape index (κ3) is 3.98. The summed E-state index contributed by atoms with van der Waals surface area (Å²) >= 11 is 1.69. The molecule has 0 amide bonds. The van der Waals surface area contributed by atoms with E-state index in [2.05, 4.69) is 47.2 Å². The van der Waals surface area contributed by atoms with Crippen molar-refractivity contribution in [1.82, 2.24) is 9.97 Å². The molecule has 3 nitrogen and oxygen atoms in total. The Balaban J connectivity index is 1.57. The van der Waals surface area contributed by atoms with Crippen LogP contribution in [0.3, 0.4) is 0 Å². The molecule has 5 heteroatoms. The van der Waals surface area contributed by atoms with Gasteiger partial charge in [-0.2, -0.15) is 5.26 Å². The maximum atomic E-state index is 13.4. The Morgan fingerprint density at radius 3 is 2.39 bits per heavy atom. The van der Waals surface area contributed by atoms with Crippen molar-refractivity contribution in [3.05, 3.63) is 89.5 Å². The van der Waals surface area contributed by atoms with Crippen molar-refractivity contribution >= 4 is 34.4 Å². The van der Waals surface area contributed by atoms with Gasteiger partial charge in [0.2, 0.25) is 0 Å². The molecule has 136 valence electrons. The molecule has 0 atom stereocenters. The van der Waals surface area contributed by atoms with Crippen LogP contribution in [-0.2, 0) is 0 Å². The highest BCUT2D eigenvalue weighted by atomic mass is 32.2. The fourth-order valence-corrected chi connectivity index (χ4v) is 3.62. The molecular weight excluding hydrogens is 369 g/mol. The molecule has 1 N–H and O–H groups in total. The number of rotatable bonds is 4. The number of aromatic nitrogens is 2. The van der Waals surface area contributed by atoms with E-state index in [1.807, 2.05) is 24.3 Å². The van der Waals surface area contributed by atoms with Gasteiger partial charge in [0.15, 0.2) is 0 Å². The lowest BCUT2D eigenvalue weighted by Crippen LogP contribution is -1.85. The topological polar surface area (TPSA) is 52.5 Å². The first kappa shape index (κ1) is 18.0. The molecule has 0 aliphatic carbocycles. The number of nitrogens with one attached hydrogen (secondary N) is 1. The molecule has 1 aromatic heterocycles. The van der Waals surface area contributed by atoms with Gasteiger partial charge in [-0.25, -0.2) is 9.37 Å². The van der Waals surface area contributed by atoms with Gasteiger partial charge in [0, 0.05) is 9.79 Å². The van der Waals surface area contributed by atoms with E-state index in [0.717, 1.165) is 10.5 Å². The number of fused-ring (bicyclic) bond motifs is 1. The Morgan fingerprint density at radius 2 is 1.71 bits per heavy atom. The third-order valence-electron chi connectivity index (χ3n) is 4.27. The number of hydrogen-bond acceptors (Lipinski definition) is 3. The molecule has 0 bridgehead atoms. The lowest BCUT2D eigenvalue weighted by atomic mass is 10.1. The molecule has 4 rings (SSSR count). The van der Waals surface area contributed by atoms with Crippen LogP contribution in [0.1, 0.15) is 17.0 Å². The smallest absolute Gasteiger partial charge is 0.149 e. The first-order valence-electron chi connectivity index (χ1n) is 8.73. The van der Waals surface area contributed by atoms with Crippen molar-refractivity contribution in [3.8, 4) is 6.07 Å². The summed E-state index contributed by atoms with van der Waals surface area (Å²) in [7, 11) is 0. The van der Waals surface area contributed by atoms with Crippen molar-refractivity contribution in [1.29, 1.82) is 5.26 Å². The zero-order chi connectivity index (χ0) is 19.5. The molecule has 0 saturated carbocycles. The second-order valence-electron chi connectivity index (χ2n) is 6.40. The summed E-state index contributed by atoms with van der Waals surface area (Å²) in [5.41, 5.74) is 3.73. The Bertz CT molecular complexity index is 1200. The molecule has 4 aromatic rings. The van der Waals surface area contributed by atoms with E-state index in [4.69, 9.17) is 0 Å². The second kappa shape index (κ2) is 7.71. The summed E-state index contributed by atoms with van der Waals surface area (Å²) < 4.78 is 13.4. The van der Waals surface area contributed by atoms with Crippen LogP contribution in [0.5, 0.6) is 0 Å². The molecule has 0 unspecified atom stereocenters. The van der Waals surface area contributed by atoms with Crippen molar-refractivity contribution in [2.45, 2.75) is 16.7 Å². The lowest BCUT2D eigenvalue weighted by Gasteiger charge is -2.03. The summed E-state index contributed by atoms with van der Waals surface area (Å²) in [6.07, 6.45) is 1.77. The van der Waals surface area contributed by atoms with Gasteiger partial charge >= 0.3 is 0 Å². The number of nitrogens with zero attached hydrogens (tertiary/aromatic N) is 2. The number of benzene rings is 3. The Kier molecular flexibility index (Phi) is 4.96. The SMILES string of the molecule is Cc1ccc(Sc2ccc(/C=C(/C#N)c3nc4ccc(F)cc4[nH]3)cc2)cc1. The van der Waals surface area contributed by atoms with Gasteiger partial charge < -0.3 is 4.98 Å². The van der Waals surface area contributed by atoms with Crippen LogP contribution in [-0.4, -0.2) is 9.97 Å². The molecule has 0 aliphatic heterocycles. The molecule has 0 radical (unpaired) electrons. The van der Waals surface area contributed by atoms with Crippen molar-refractivity contribution in [3.63, 3.8) is 0 Å². The number of allylic oxidation sites excluding steroid dienone is 1. The zero-order valence-corrected chi connectivity index (χ0v) is 15.9. The van der Waals surface area contributed by atoms with Crippen LogP contribution < -0.4 is 0 Å². The van der Waals surface area contributed by atoms with Gasteiger partial charge in [0.25, 0.3) is 0 Å². The van der Waals surface area contributed by atoms with Crippen LogP contribution in [0.4, 0.5) is 4.39 Å². The summed E-state index contributed by atoms with van der Waals surface area (Å²) in [6, 6.07) is 22.9. The number of halogens is 1. The average Bonchev–Trinajstić information content (AvgIpc) is 3.12. The predicted molar refractivity (Wildman–Crippen MR) is 111 cm³/mol. The van der Waals surface area contributed by atoms with Gasteiger partial charge in [0.1, 0.15) is 17.7 Å². The molecule has 3 aromatic carbocycles. The zero-order valence-electron chi connectivity index (χ0n) is 15.1. The number of imidazole rings is 1. The predicted octanol–water partition coefficient (Wildman–Crippen LogP) is 6.23. The number of aryl methyl sites for hydroxylation is 1. The molecule has 0 fully saturated rings. The third-order valence-corrected chi connectivity index (χ3v) is 5.28. The minimum Gasteiger partial charge on any atom is -0.337 e. The fraction of sp³-hybridized carbons (Fsp3) is 0.0435. The van der Waals surface area contributed by atoms with E-state index in [9.17, 15) is 9.65 Å². The maximum Gasteiger partial charge on any atom is 0.149 e. The average molecular weight is 385 g/mol. The first-order chi connectivity index (χ1) is 13.6. The minimum absolute atomic E-state index is 0.341. The van der Waals surface area contributed by atoms with Gasteiger partial charge in [0.05, 0.1) is 16.6 Å². The molecular formula is C23H16FN3S. The second-order valence-corrected chi connectivity index (χ2v) is 7.55. The Hall–Kier alpha value is -3.36. The Morgan fingerprint density at radius 1 is 1.04 bits per heavy atom. The molecule has 1 heterocycles. The molecule has 28 heavy (non-hydrogen) atoms. The monoisotopic (exact) mass is 385 g/mol. The number of aromatic amines is 1. The van der Waals surface area contributed by atoms with Gasteiger partial charge in [-0.1, -0.05) is 41.6 Å². The summed E-state index contributed by atoms with van der Waals surface area (Å²) in [6.45, 7) is 2.07. The molecule has 0 aliphatic rings. The quantitative estimate of drug-likeness (QED) is 0.424. The van der Waals surface area contributed by atoms with E-state index in [-0.39, 0.29) is 5.82 Å². The van der Waals surface area contributed by atoms with Crippen LogP contribution >= 0.6 is 11.8 Å². The highest BCUT2D eigenvalue weighted by Gasteiger charge is 2.09. The van der Waals surface area contributed by atoms with Crippen LogP contribution in [0.15, 0.2) is 76.5 Å². The summed E-state index contributed by atoms with van der Waals surface area (Å²) in [5.74, 6) is 0.0908. The minimum atomic E-state index is -0.341. The van der Waals surface area contributed by atoms with E-state index in [0.29, 0.717) is 22.4 Å². The highest BCUT2D eigenvalue weighted by Crippen LogP contribution is 2.28. The van der Waals surface area contributed by atoms with Crippen LogP contribution in [0.2, 0.25) is 0 Å².